The SMILES string of the molecule is CC/C=C/C/C=C/C/C=C/C/C=C/C/C=C/C/C=C/CCCC(=O)OCC(COCCC(C(=O)[O-])[N+](C)(C)C)OC(=O)CCCCCCCCC/C=C/C/C=C/C/C=C/C/C=C/CC. The molecule has 2 unspecified atom stereocenters. The second kappa shape index (κ2) is 45.3. The average molecular weight is 888 g/mol. The maximum Gasteiger partial charge on any atom is 0.306 e. The summed E-state index contributed by atoms with van der Waals surface area (Å²) in [5.41, 5.74) is 0. The zero-order chi connectivity index (χ0) is 47.0. The molecule has 8 heteroatoms. The molecule has 0 aromatic heterocycles. The van der Waals surface area contributed by atoms with Gasteiger partial charge in [-0.2, -0.15) is 0 Å². The van der Waals surface area contributed by atoms with Gasteiger partial charge in [-0.3, -0.25) is 9.59 Å². The monoisotopic (exact) mass is 888 g/mol. The first-order valence-electron chi connectivity index (χ1n) is 24.6. The van der Waals surface area contributed by atoms with E-state index in [2.05, 4.69) is 135 Å². The van der Waals surface area contributed by atoms with Crippen LogP contribution < -0.4 is 5.11 Å². The van der Waals surface area contributed by atoms with Gasteiger partial charge in [0.25, 0.3) is 0 Å². The van der Waals surface area contributed by atoms with Crippen molar-refractivity contribution in [2.75, 3.05) is 41.0 Å². The van der Waals surface area contributed by atoms with Crippen molar-refractivity contribution in [1.82, 2.24) is 0 Å². The minimum absolute atomic E-state index is 0.00931. The van der Waals surface area contributed by atoms with E-state index < -0.39 is 18.1 Å². The quantitative estimate of drug-likeness (QED) is 0.0260. The highest BCUT2D eigenvalue weighted by Crippen LogP contribution is 2.13. The summed E-state index contributed by atoms with van der Waals surface area (Å²) in [7, 11) is 5.38. The summed E-state index contributed by atoms with van der Waals surface area (Å²) in [5, 5.41) is 11.7. The number of unbranched alkanes of at least 4 members (excludes halogenated alkanes) is 8. The molecule has 360 valence electrons. The fourth-order valence-corrected chi connectivity index (χ4v) is 6.37. The van der Waals surface area contributed by atoms with Crippen LogP contribution in [0.5, 0.6) is 0 Å². The summed E-state index contributed by atoms with van der Waals surface area (Å²) >= 11 is 0. The van der Waals surface area contributed by atoms with Gasteiger partial charge in [-0.15, -0.1) is 0 Å². The Kier molecular flexibility index (Phi) is 42.3. The highest BCUT2D eigenvalue weighted by atomic mass is 16.6. The topological polar surface area (TPSA) is 102 Å². The van der Waals surface area contributed by atoms with Crippen molar-refractivity contribution in [1.29, 1.82) is 0 Å². The van der Waals surface area contributed by atoms with E-state index >= 15 is 0 Å². The number of carboxylic acids is 1. The molecule has 0 rings (SSSR count). The molecule has 0 bridgehead atoms. The zero-order valence-corrected chi connectivity index (χ0v) is 40.9. The van der Waals surface area contributed by atoms with Gasteiger partial charge < -0.3 is 28.6 Å². The molecule has 0 aliphatic rings. The number of rotatable bonds is 42. The van der Waals surface area contributed by atoms with Gasteiger partial charge >= 0.3 is 11.9 Å². The van der Waals surface area contributed by atoms with Crippen LogP contribution in [0.15, 0.2) is 122 Å². The lowest BCUT2D eigenvalue weighted by atomic mass is 10.1. The number of quaternary nitrogens is 1. The number of esters is 2. The van der Waals surface area contributed by atoms with Crippen LogP contribution in [0.2, 0.25) is 0 Å². The van der Waals surface area contributed by atoms with Gasteiger partial charge in [0.2, 0.25) is 0 Å². The molecule has 64 heavy (non-hydrogen) atoms. The van der Waals surface area contributed by atoms with Crippen molar-refractivity contribution in [2.45, 2.75) is 174 Å². The van der Waals surface area contributed by atoms with Crippen molar-refractivity contribution in [3.63, 3.8) is 0 Å². The first-order chi connectivity index (χ1) is 31.1. The summed E-state index contributed by atoms with van der Waals surface area (Å²) in [6, 6.07) is -0.745. The molecule has 0 fully saturated rings. The van der Waals surface area contributed by atoms with Crippen molar-refractivity contribution in [2.24, 2.45) is 0 Å². The van der Waals surface area contributed by atoms with E-state index in [1.165, 1.54) is 19.3 Å². The molecular formula is C56H89NO7. The highest BCUT2D eigenvalue weighted by molar-refractivity contribution is 5.70. The predicted octanol–water partition coefficient (Wildman–Crippen LogP) is 12.9. The van der Waals surface area contributed by atoms with Crippen LogP contribution >= 0.6 is 0 Å². The van der Waals surface area contributed by atoms with Gasteiger partial charge in [0, 0.05) is 19.3 Å². The van der Waals surface area contributed by atoms with E-state index in [9.17, 15) is 19.5 Å². The highest BCUT2D eigenvalue weighted by Gasteiger charge is 2.25. The van der Waals surface area contributed by atoms with Crippen LogP contribution in [-0.2, 0) is 28.6 Å². The summed E-state index contributed by atoms with van der Waals surface area (Å²) < 4.78 is 17.1. The third-order valence-corrected chi connectivity index (χ3v) is 10.1. The molecule has 0 spiro atoms. The number of aliphatic carboxylic acids is 1. The van der Waals surface area contributed by atoms with Crippen LogP contribution in [0, 0.1) is 0 Å². The summed E-state index contributed by atoms with van der Waals surface area (Å²) in [5.74, 6) is -1.84. The number of ether oxygens (including phenoxy) is 3. The summed E-state index contributed by atoms with van der Waals surface area (Å²) in [6.07, 6.45) is 63.7. The molecule has 8 nitrogen and oxygen atoms in total. The zero-order valence-electron chi connectivity index (χ0n) is 40.9. The Balaban J connectivity index is 4.43. The number of hydrogen-bond acceptors (Lipinski definition) is 7. The van der Waals surface area contributed by atoms with E-state index in [-0.39, 0.29) is 55.5 Å². The van der Waals surface area contributed by atoms with Gasteiger partial charge in [0.15, 0.2) is 6.10 Å². The molecular weight excluding hydrogens is 799 g/mol. The minimum Gasteiger partial charge on any atom is -0.544 e. The fourth-order valence-electron chi connectivity index (χ4n) is 6.37. The second-order valence-corrected chi connectivity index (χ2v) is 16.9. The number of carbonyl (C=O) groups excluding carboxylic acids is 3. The number of nitrogens with zero attached hydrogens (tertiary/aromatic N) is 1. The van der Waals surface area contributed by atoms with Gasteiger partial charge in [0.1, 0.15) is 12.6 Å². The third-order valence-electron chi connectivity index (χ3n) is 10.1. The molecule has 0 amide bonds. The molecule has 0 radical (unpaired) electrons. The van der Waals surface area contributed by atoms with E-state index in [1.807, 2.05) is 0 Å². The van der Waals surface area contributed by atoms with Crippen molar-refractivity contribution >= 4 is 17.9 Å². The van der Waals surface area contributed by atoms with E-state index in [0.29, 0.717) is 6.42 Å². The van der Waals surface area contributed by atoms with Gasteiger partial charge in [-0.25, -0.2) is 0 Å². The Morgan fingerprint density at radius 1 is 0.469 bits per heavy atom. The van der Waals surface area contributed by atoms with Crippen molar-refractivity contribution < 1.29 is 38.2 Å². The Morgan fingerprint density at radius 3 is 1.27 bits per heavy atom. The number of likely N-dealkylation sites (N-methyl/N-ethyl adjacent to an activating group) is 1. The van der Waals surface area contributed by atoms with Crippen molar-refractivity contribution in [3.05, 3.63) is 122 Å². The molecule has 0 saturated heterocycles. The van der Waals surface area contributed by atoms with Gasteiger partial charge in [-0.1, -0.05) is 167 Å². The Hall–Kier alpha value is -4.27. The van der Waals surface area contributed by atoms with Gasteiger partial charge in [0.05, 0.1) is 40.3 Å². The first-order valence-corrected chi connectivity index (χ1v) is 24.6. The lowest BCUT2D eigenvalue weighted by Crippen LogP contribution is -2.55. The lowest BCUT2D eigenvalue weighted by molar-refractivity contribution is -0.889. The molecule has 0 heterocycles. The van der Waals surface area contributed by atoms with Crippen LogP contribution in [0.25, 0.3) is 0 Å². The third kappa shape index (κ3) is 43.0. The lowest BCUT2D eigenvalue weighted by Gasteiger charge is -2.34. The predicted molar refractivity (Wildman–Crippen MR) is 267 cm³/mol. The van der Waals surface area contributed by atoms with Gasteiger partial charge in [-0.05, 0) is 96.3 Å². The Labute approximate surface area is 391 Å². The Morgan fingerprint density at radius 2 is 0.844 bits per heavy atom. The number of carbonyl (C=O) groups is 3. The maximum atomic E-state index is 12.8. The first kappa shape index (κ1) is 59.7. The molecule has 0 saturated carbocycles. The smallest absolute Gasteiger partial charge is 0.306 e. The van der Waals surface area contributed by atoms with Crippen molar-refractivity contribution in [3.8, 4) is 0 Å². The van der Waals surface area contributed by atoms with Crippen LogP contribution in [0.1, 0.15) is 162 Å². The molecule has 0 aliphatic carbocycles. The molecule has 0 aliphatic heterocycles. The summed E-state index contributed by atoms with van der Waals surface area (Å²) in [6.45, 7) is 4.34. The van der Waals surface area contributed by atoms with Crippen LogP contribution in [0.4, 0.5) is 0 Å². The average Bonchev–Trinajstić information content (AvgIpc) is 3.26. The standard InChI is InChI=1S/C56H89NO7/c1-6-8-10-12-14-16-18-20-22-24-26-28-30-32-34-36-38-40-42-44-46-54(58)63-51-52(50-62-49-48-53(56(60)61)57(3,4)5)64-55(59)47-45-43-41-39-37-35-33-31-29-27-25-23-21-19-17-15-13-11-9-7-2/h8-11,14-17,20-23,26-29,32,34,38,40,52-53H,6-7,12-13,18-19,24-25,30-31,33,35-37,39,41-51H2,1-5H3/b10-8+,11-9+,16-14+,17-15+,22-20+,23-21+,28-26+,29-27+,34-32+,40-38+. The molecule has 2 atom stereocenters. The largest absolute Gasteiger partial charge is 0.544 e. The van der Waals surface area contributed by atoms with Crippen LogP contribution in [0.3, 0.4) is 0 Å². The Bertz CT molecular complexity index is 1450. The summed E-state index contributed by atoms with van der Waals surface area (Å²) in [4.78, 5) is 37.0. The number of hydrogen-bond donors (Lipinski definition) is 0. The fraction of sp³-hybridized carbons (Fsp3) is 0.589. The van der Waals surface area contributed by atoms with E-state index in [1.54, 1.807) is 21.1 Å². The van der Waals surface area contributed by atoms with Crippen LogP contribution in [-0.4, -0.2) is 75.5 Å². The van der Waals surface area contributed by atoms with E-state index in [0.717, 1.165) is 103 Å². The van der Waals surface area contributed by atoms with E-state index in [4.69, 9.17) is 14.2 Å². The minimum atomic E-state index is -1.14. The molecule has 0 aromatic rings. The molecule has 0 N–H and O–H groups in total. The molecule has 0 aromatic carbocycles. The number of carboxylic acid groups (broad SMARTS) is 1. The second-order valence-electron chi connectivity index (χ2n) is 16.9. The maximum absolute atomic E-state index is 12.8. The number of allylic oxidation sites excluding steroid dienone is 20. The normalized spacial score (nSPS) is 14.0.